The molecular weight excluding hydrogens is 350 g/mol. The van der Waals surface area contributed by atoms with E-state index in [4.69, 9.17) is 4.98 Å². The second-order valence-corrected chi connectivity index (χ2v) is 8.81. The number of nitrogens with zero attached hydrogens (tertiary/aromatic N) is 3. The molecular formula is C19H25N3OS2. The van der Waals surface area contributed by atoms with Crippen LogP contribution in [0.25, 0.3) is 10.6 Å². The number of thiazole rings is 1. The molecule has 134 valence electrons. The van der Waals surface area contributed by atoms with Crippen molar-refractivity contribution in [3.63, 3.8) is 0 Å². The molecule has 1 amide bonds. The van der Waals surface area contributed by atoms with E-state index in [0.717, 1.165) is 57.0 Å². The summed E-state index contributed by atoms with van der Waals surface area (Å²) < 4.78 is 0. The Hall–Kier alpha value is -1.24. The van der Waals surface area contributed by atoms with Crippen LogP contribution >= 0.6 is 22.7 Å². The van der Waals surface area contributed by atoms with Crippen LogP contribution in [-0.4, -0.2) is 46.9 Å². The maximum atomic E-state index is 12.3. The Balaban J connectivity index is 1.24. The van der Waals surface area contributed by atoms with Crippen LogP contribution in [-0.2, 0) is 11.3 Å². The molecule has 0 spiro atoms. The Bertz CT molecular complexity index is 683. The van der Waals surface area contributed by atoms with Crippen molar-refractivity contribution in [1.29, 1.82) is 0 Å². The van der Waals surface area contributed by atoms with Gasteiger partial charge < -0.3 is 4.90 Å². The number of carbonyl (C=O) groups is 1. The number of hydrogen-bond acceptors (Lipinski definition) is 5. The summed E-state index contributed by atoms with van der Waals surface area (Å²) in [6, 6.07) is 2.14. The van der Waals surface area contributed by atoms with Gasteiger partial charge >= 0.3 is 0 Å². The molecule has 2 fully saturated rings. The minimum absolute atomic E-state index is 0.385. The molecule has 2 aliphatic rings. The number of piperidine rings is 1. The Labute approximate surface area is 157 Å². The fraction of sp³-hybridized carbons (Fsp3) is 0.579. The molecule has 0 N–H and O–H groups in total. The van der Waals surface area contributed by atoms with E-state index in [1.807, 2.05) is 0 Å². The van der Waals surface area contributed by atoms with Crippen molar-refractivity contribution in [2.45, 2.75) is 38.6 Å². The van der Waals surface area contributed by atoms with Crippen molar-refractivity contribution in [1.82, 2.24) is 14.8 Å². The second kappa shape index (κ2) is 7.98. The summed E-state index contributed by atoms with van der Waals surface area (Å²) in [4.78, 5) is 21.6. The van der Waals surface area contributed by atoms with Crippen molar-refractivity contribution >= 4 is 28.6 Å². The third kappa shape index (κ3) is 4.30. The molecule has 0 bridgehead atoms. The summed E-state index contributed by atoms with van der Waals surface area (Å²) in [5.41, 5.74) is 2.41. The predicted octanol–water partition coefficient (Wildman–Crippen LogP) is 4.10. The van der Waals surface area contributed by atoms with E-state index in [2.05, 4.69) is 32.0 Å². The molecule has 2 aromatic rings. The third-order valence-electron chi connectivity index (χ3n) is 5.33. The Morgan fingerprint density at radius 2 is 1.96 bits per heavy atom. The van der Waals surface area contributed by atoms with Crippen LogP contribution < -0.4 is 0 Å². The molecule has 2 aromatic heterocycles. The first-order valence-corrected chi connectivity index (χ1v) is 11.1. The third-order valence-corrected chi connectivity index (χ3v) is 6.96. The molecule has 6 heteroatoms. The van der Waals surface area contributed by atoms with Crippen molar-refractivity contribution in [2.24, 2.45) is 5.92 Å². The van der Waals surface area contributed by atoms with Crippen LogP contribution in [0.4, 0.5) is 0 Å². The lowest BCUT2D eigenvalue weighted by molar-refractivity contribution is -0.131. The predicted molar refractivity (Wildman–Crippen MR) is 104 cm³/mol. The topological polar surface area (TPSA) is 36.4 Å². The normalized spacial score (nSPS) is 19.6. The van der Waals surface area contributed by atoms with E-state index in [-0.39, 0.29) is 0 Å². The zero-order chi connectivity index (χ0) is 17.1. The first-order chi connectivity index (χ1) is 12.3. The lowest BCUT2D eigenvalue weighted by Gasteiger charge is -2.31. The highest BCUT2D eigenvalue weighted by Gasteiger charge is 2.25. The van der Waals surface area contributed by atoms with Gasteiger partial charge in [-0.3, -0.25) is 9.69 Å². The van der Waals surface area contributed by atoms with Gasteiger partial charge in [0.15, 0.2) is 0 Å². The fourth-order valence-electron chi connectivity index (χ4n) is 3.82. The lowest BCUT2D eigenvalue weighted by atomic mass is 9.93. The maximum Gasteiger partial charge on any atom is 0.222 e. The van der Waals surface area contributed by atoms with Gasteiger partial charge in [0, 0.05) is 42.4 Å². The van der Waals surface area contributed by atoms with Gasteiger partial charge in [-0.1, -0.05) is 0 Å². The van der Waals surface area contributed by atoms with Gasteiger partial charge in [-0.25, -0.2) is 4.98 Å². The zero-order valence-electron chi connectivity index (χ0n) is 14.5. The minimum atomic E-state index is 0.385. The van der Waals surface area contributed by atoms with Gasteiger partial charge in [-0.2, -0.15) is 11.3 Å². The number of carbonyl (C=O) groups excluding carboxylic acids is 1. The number of likely N-dealkylation sites (tertiary alicyclic amines) is 2. The summed E-state index contributed by atoms with van der Waals surface area (Å²) in [7, 11) is 0. The highest BCUT2D eigenvalue weighted by Crippen LogP contribution is 2.28. The number of thiophene rings is 1. The molecule has 0 aliphatic carbocycles. The molecule has 2 saturated heterocycles. The van der Waals surface area contributed by atoms with Crippen LogP contribution in [0.3, 0.4) is 0 Å². The molecule has 25 heavy (non-hydrogen) atoms. The largest absolute Gasteiger partial charge is 0.343 e. The van der Waals surface area contributed by atoms with Crippen molar-refractivity contribution < 1.29 is 4.79 Å². The maximum absolute atomic E-state index is 12.3. The fourth-order valence-corrected chi connectivity index (χ4v) is 5.34. The van der Waals surface area contributed by atoms with Crippen LogP contribution in [0.15, 0.2) is 22.2 Å². The Morgan fingerprint density at radius 1 is 1.16 bits per heavy atom. The van der Waals surface area contributed by atoms with Crippen LogP contribution in [0, 0.1) is 5.92 Å². The van der Waals surface area contributed by atoms with Gasteiger partial charge in [0.05, 0.1) is 5.69 Å². The Kier molecular flexibility index (Phi) is 5.48. The highest BCUT2D eigenvalue weighted by atomic mass is 32.1. The van der Waals surface area contributed by atoms with E-state index in [1.165, 1.54) is 24.1 Å². The quantitative estimate of drug-likeness (QED) is 0.789. The van der Waals surface area contributed by atoms with Crippen LogP contribution in [0.1, 0.15) is 37.8 Å². The highest BCUT2D eigenvalue weighted by molar-refractivity contribution is 7.14. The number of rotatable bonds is 5. The standard InChI is InChI=1S/C19H25N3OS2/c23-18(22-6-1-2-7-22)11-15-3-8-21(9-4-15)12-17-14-25-19(20-17)16-5-10-24-13-16/h5,10,13-15H,1-4,6-9,11-12H2. The number of aromatic nitrogens is 1. The molecule has 4 heterocycles. The lowest BCUT2D eigenvalue weighted by Crippen LogP contribution is -2.36. The average Bonchev–Trinajstić information content (AvgIpc) is 3.38. The van der Waals surface area contributed by atoms with Crippen molar-refractivity contribution in [2.75, 3.05) is 26.2 Å². The molecule has 0 atom stereocenters. The van der Waals surface area contributed by atoms with Gasteiger partial charge in [0.2, 0.25) is 5.91 Å². The molecule has 0 aromatic carbocycles. The molecule has 0 saturated carbocycles. The van der Waals surface area contributed by atoms with Crippen LogP contribution in [0.5, 0.6) is 0 Å². The van der Waals surface area contributed by atoms with E-state index >= 15 is 0 Å². The minimum Gasteiger partial charge on any atom is -0.343 e. The summed E-state index contributed by atoms with van der Waals surface area (Å²) in [5, 5.41) is 7.58. The first kappa shape index (κ1) is 17.2. The van der Waals surface area contributed by atoms with E-state index in [9.17, 15) is 4.79 Å². The Morgan fingerprint density at radius 3 is 2.68 bits per heavy atom. The smallest absolute Gasteiger partial charge is 0.222 e. The van der Waals surface area contributed by atoms with Gasteiger partial charge in [0.1, 0.15) is 5.01 Å². The molecule has 2 aliphatic heterocycles. The first-order valence-electron chi connectivity index (χ1n) is 9.25. The van der Waals surface area contributed by atoms with Gasteiger partial charge in [0.25, 0.3) is 0 Å². The molecule has 4 nitrogen and oxygen atoms in total. The monoisotopic (exact) mass is 375 g/mol. The second-order valence-electron chi connectivity index (χ2n) is 7.17. The summed E-state index contributed by atoms with van der Waals surface area (Å²) in [5.74, 6) is 0.956. The number of amides is 1. The zero-order valence-corrected chi connectivity index (χ0v) is 16.2. The van der Waals surface area contributed by atoms with E-state index in [1.54, 1.807) is 22.7 Å². The molecule has 0 radical (unpaired) electrons. The van der Waals surface area contributed by atoms with Crippen molar-refractivity contribution in [3.8, 4) is 10.6 Å². The summed E-state index contributed by atoms with van der Waals surface area (Å²) >= 11 is 3.46. The van der Waals surface area contributed by atoms with Gasteiger partial charge in [-0.15, -0.1) is 11.3 Å². The number of hydrogen-bond donors (Lipinski definition) is 0. The molecule has 0 unspecified atom stereocenters. The summed E-state index contributed by atoms with van der Waals surface area (Å²) in [6.07, 6.45) is 5.41. The molecule has 4 rings (SSSR count). The van der Waals surface area contributed by atoms with Crippen LogP contribution in [0.2, 0.25) is 0 Å². The van der Waals surface area contributed by atoms with E-state index in [0.29, 0.717) is 11.8 Å². The summed E-state index contributed by atoms with van der Waals surface area (Å²) in [6.45, 7) is 5.07. The van der Waals surface area contributed by atoms with Crippen molar-refractivity contribution in [3.05, 3.63) is 27.9 Å². The van der Waals surface area contributed by atoms with Gasteiger partial charge in [-0.05, 0) is 56.1 Å². The SMILES string of the molecule is O=C(CC1CCN(Cc2csc(-c3ccsc3)n2)CC1)N1CCCC1. The van der Waals surface area contributed by atoms with E-state index < -0.39 is 0 Å². The average molecular weight is 376 g/mol.